The van der Waals surface area contributed by atoms with Crippen molar-refractivity contribution in [3.8, 4) is 0 Å². The maximum absolute atomic E-state index is 13.0. The molecule has 0 fully saturated rings. The lowest BCUT2D eigenvalue weighted by molar-refractivity contribution is 0.130. The van der Waals surface area contributed by atoms with Crippen LogP contribution >= 0.6 is 0 Å². The Bertz CT molecular complexity index is 366. The zero-order valence-electron chi connectivity index (χ0n) is 8.38. The van der Waals surface area contributed by atoms with Gasteiger partial charge in [0.05, 0.1) is 11.8 Å². The number of carbonyl (C=O) groups excluding carboxylic acids is 1. The van der Waals surface area contributed by atoms with Gasteiger partial charge in [-0.15, -0.1) is 0 Å². The fraction of sp³-hybridized carbons (Fsp3) is 0.300. The quantitative estimate of drug-likeness (QED) is 0.823. The molecule has 5 heteroatoms. The van der Waals surface area contributed by atoms with Gasteiger partial charge < -0.3 is 4.74 Å². The fourth-order valence-electron chi connectivity index (χ4n) is 0.944. The van der Waals surface area contributed by atoms with Gasteiger partial charge in [-0.3, -0.25) is 5.32 Å². The number of halogens is 2. The summed E-state index contributed by atoms with van der Waals surface area (Å²) in [6.45, 7) is 3.33. The second kappa shape index (κ2) is 4.72. The summed E-state index contributed by atoms with van der Waals surface area (Å²) in [5, 5.41) is 2.17. The topological polar surface area (TPSA) is 38.3 Å². The van der Waals surface area contributed by atoms with Crippen molar-refractivity contribution in [2.45, 2.75) is 20.0 Å². The van der Waals surface area contributed by atoms with E-state index in [4.69, 9.17) is 4.74 Å². The largest absolute Gasteiger partial charge is 0.447 e. The monoisotopic (exact) mass is 215 g/mol. The average Bonchev–Trinajstić information content (AvgIpc) is 2.08. The minimum atomic E-state index is -0.837. The summed E-state index contributed by atoms with van der Waals surface area (Å²) in [4.78, 5) is 11.1. The summed E-state index contributed by atoms with van der Waals surface area (Å²) in [7, 11) is 0. The molecular weight excluding hydrogens is 204 g/mol. The van der Waals surface area contributed by atoms with E-state index in [1.807, 2.05) is 0 Å². The molecule has 3 nitrogen and oxygen atoms in total. The van der Waals surface area contributed by atoms with E-state index in [1.165, 1.54) is 0 Å². The predicted molar refractivity (Wildman–Crippen MR) is 51.6 cm³/mol. The lowest BCUT2D eigenvalue weighted by atomic mass is 10.3. The van der Waals surface area contributed by atoms with Crippen molar-refractivity contribution in [3.63, 3.8) is 0 Å². The number of carbonyl (C=O) groups is 1. The van der Waals surface area contributed by atoms with Gasteiger partial charge in [-0.2, -0.15) is 0 Å². The smallest absolute Gasteiger partial charge is 0.411 e. The van der Waals surface area contributed by atoms with Gasteiger partial charge >= 0.3 is 6.09 Å². The first kappa shape index (κ1) is 11.4. The SMILES string of the molecule is CC(C)OC(=O)Nc1ccc(F)cc1F. The van der Waals surface area contributed by atoms with E-state index >= 15 is 0 Å². The number of hydrogen-bond acceptors (Lipinski definition) is 2. The van der Waals surface area contributed by atoms with Gasteiger partial charge in [-0.25, -0.2) is 13.6 Å². The first-order valence-corrected chi connectivity index (χ1v) is 4.41. The Hall–Kier alpha value is -1.65. The van der Waals surface area contributed by atoms with Crippen LogP contribution < -0.4 is 5.32 Å². The Kier molecular flexibility index (Phi) is 3.60. The summed E-state index contributed by atoms with van der Waals surface area (Å²) in [5.74, 6) is -1.54. The lowest BCUT2D eigenvalue weighted by Crippen LogP contribution is -2.18. The fourth-order valence-corrected chi connectivity index (χ4v) is 0.944. The summed E-state index contributed by atoms with van der Waals surface area (Å²) < 4.78 is 30.3. The van der Waals surface area contributed by atoms with E-state index in [0.29, 0.717) is 6.07 Å². The predicted octanol–water partition coefficient (Wildman–Crippen LogP) is 2.92. The Morgan fingerprint density at radius 2 is 2.07 bits per heavy atom. The molecule has 0 aliphatic rings. The Morgan fingerprint density at radius 3 is 2.60 bits per heavy atom. The molecule has 0 aliphatic carbocycles. The van der Waals surface area contributed by atoms with Crippen LogP contribution in [0.5, 0.6) is 0 Å². The zero-order valence-corrected chi connectivity index (χ0v) is 8.38. The van der Waals surface area contributed by atoms with Crippen LogP contribution in [0.4, 0.5) is 19.3 Å². The third-order valence-electron chi connectivity index (χ3n) is 1.51. The second-order valence-corrected chi connectivity index (χ2v) is 3.20. The van der Waals surface area contributed by atoms with Crippen molar-refractivity contribution >= 4 is 11.8 Å². The lowest BCUT2D eigenvalue weighted by Gasteiger charge is -2.09. The van der Waals surface area contributed by atoms with Gasteiger partial charge in [0.25, 0.3) is 0 Å². The number of ether oxygens (including phenoxy) is 1. The zero-order chi connectivity index (χ0) is 11.4. The maximum Gasteiger partial charge on any atom is 0.411 e. The number of nitrogens with one attached hydrogen (secondary N) is 1. The summed E-state index contributed by atoms with van der Waals surface area (Å²) in [6, 6.07) is 2.87. The molecule has 0 saturated heterocycles. The van der Waals surface area contributed by atoms with E-state index in [-0.39, 0.29) is 11.8 Å². The number of hydrogen-bond donors (Lipinski definition) is 1. The van der Waals surface area contributed by atoms with Crippen LogP contribution in [0.15, 0.2) is 18.2 Å². The van der Waals surface area contributed by atoms with E-state index in [2.05, 4.69) is 5.32 Å². The van der Waals surface area contributed by atoms with Crippen LogP contribution in [-0.2, 0) is 4.74 Å². The molecule has 1 aromatic carbocycles. The molecule has 1 rings (SSSR count). The molecule has 1 aromatic rings. The molecule has 0 aromatic heterocycles. The Balaban J connectivity index is 2.68. The number of benzene rings is 1. The van der Waals surface area contributed by atoms with Gasteiger partial charge in [0, 0.05) is 6.07 Å². The van der Waals surface area contributed by atoms with Crippen LogP contribution in [-0.4, -0.2) is 12.2 Å². The molecule has 0 spiro atoms. The average molecular weight is 215 g/mol. The highest BCUT2D eigenvalue weighted by molar-refractivity contribution is 5.84. The van der Waals surface area contributed by atoms with E-state index in [9.17, 15) is 13.6 Å². The number of amides is 1. The third-order valence-corrected chi connectivity index (χ3v) is 1.51. The number of anilines is 1. The summed E-state index contributed by atoms with van der Waals surface area (Å²) in [5.41, 5.74) is -0.109. The van der Waals surface area contributed by atoms with Gasteiger partial charge in [0.1, 0.15) is 11.6 Å². The van der Waals surface area contributed by atoms with E-state index in [0.717, 1.165) is 12.1 Å². The van der Waals surface area contributed by atoms with Crippen molar-refractivity contribution in [1.29, 1.82) is 0 Å². The van der Waals surface area contributed by atoms with Crippen LogP contribution in [0, 0.1) is 11.6 Å². The summed E-state index contributed by atoms with van der Waals surface area (Å²) in [6.07, 6.45) is -1.07. The second-order valence-electron chi connectivity index (χ2n) is 3.20. The molecule has 0 heterocycles. The molecule has 0 bridgehead atoms. The maximum atomic E-state index is 13.0. The number of rotatable bonds is 2. The standard InChI is InChI=1S/C10H11F2NO2/c1-6(2)15-10(14)13-9-4-3-7(11)5-8(9)12/h3-6H,1-2H3,(H,13,14). The highest BCUT2D eigenvalue weighted by Gasteiger charge is 2.09. The molecule has 0 atom stereocenters. The van der Waals surface area contributed by atoms with Crippen molar-refractivity contribution in [2.24, 2.45) is 0 Å². The first-order chi connectivity index (χ1) is 6.99. The molecule has 82 valence electrons. The van der Waals surface area contributed by atoms with Crippen LogP contribution in [0.2, 0.25) is 0 Å². The molecular formula is C10H11F2NO2. The minimum Gasteiger partial charge on any atom is -0.447 e. The minimum absolute atomic E-state index is 0.109. The van der Waals surface area contributed by atoms with Crippen LogP contribution in [0.25, 0.3) is 0 Å². The Morgan fingerprint density at radius 1 is 1.40 bits per heavy atom. The normalized spacial score (nSPS) is 10.2. The van der Waals surface area contributed by atoms with Crippen LogP contribution in [0.3, 0.4) is 0 Å². The van der Waals surface area contributed by atoms with Crippen molar-refractivity contribution in [3.05, 3.63) is 29.8 Å². The van der Waals surface area contributed by atoms with E-state index in [1.54, 1.807) is 13.8 Å². The molecule has 15 heavy (non-hydrogen) atoms. The molecule has 0 aliphatic heterocycles. The van der Waals surface area contributed by atoms with Crippen molar-refractivity contribution < 1.29 is 18.3 Å². The van der Waals surface area contributed by atoms with Crippen molar-refractivity contribution in [1.82, 2.24) is 0 Å². The molecule has 0 radical (unpaired) electrons. The van der Waals surface area contributed by atoms with E-state index < -0.39 is 17.7 Å². The van der Waals surface area contributed by atoms with Gasteiger partial charge in [-0.1, -0.05) is 0 Å². The summed E-state index contributed by atoms with van der Waals surface area (Å²) >= 11 is 0. The van der Waals surface area contributed by atoms with Gasteiger partial charge in [0.15, 0.2) is 0 Å². The molecule has 1 amide bonds. The first-order valence-electron chi connectivity index (χ1n) is 4.41. The Labute approximate surface area is 86.0 Å². The van der Waals surface area contributed by atoms with Crippen LogP contribution in [0.1, 0.15) is 13.8 Å². The molecule has 1 N–H and O–H groups in total. The molecule has 0 unspecified atom stereocenters. The third kappa shape index (κ3) is 3.53. The highest BCUT2D eigenvalue weighted by atomic mass is 19.1. The van der Waals surface area contributed by atoms with Gasteiger partial charge in [-0.05, 0) is 26.0 Å². The highest BCUT2D eigenvalue weighted by Crippen LogP contribution is 2.15. The van der Waals surface area contributed by atoms with Gasteiger partial charge in [0.2, 0.25) is 0 Å². The van der Waals surface area contributed by atoms with Crippen molar-refractivity contribution in [2.75, 3.05) is 5.32 Å². The molecule has 0 saturated carbocycles.